The van der Waals surface area contributed by atoms with Crippen LogP contribution in [0.15, 0.2) is 42.6 Å². The number of nitrogens with one attached hydrogen (secondary N) is 1. The van der Waals surface area contributed by atoms with Crippen molar-refractivity contribution < 1.29 is 18.0 Å². The highest BCUT2D eigenvalue weighted by atomic mass is 19.4. The van der Waals surface area contributed by atoms with E-state index in [9.17, 15) is 18.0 Å². The second kappa shape index (κ2) is 6.23. The molecule has 0 atom stereocenters. The molecular weight excluding hydrogens is 331 g/mol. The molecule has 7 heteroatoms. The number of rotatable bonds is 3. The van der Waals surface area contributed by atoms with E-state index in [4.69, 9.17) is 0 Å². The van der Waals surface area contributed by atoms with E-state index in [1.807, 2.05) is 32.2 Å². The number of hydrogen-bond donors (Lipinski definition) is 1. The number of benzene rings is 1. The Hall–Kier alpha value is -2.83. The Balaban J connectivity index is 1.93. The number of imidazole rings is 1. The Morgan fingerprint density at radius 3 is 2.44 bits per heavy atom. The fourth-order valence-electron chi connectivity index (χ4n) is 2.62. The third-order valence-corrected chi connectivity index (χ3v) is 3.86. The summed E-state index contributed by atoms with van der Waals surface area (Å²) in [5, 5.41) is 2.64. The molecule has 0 bridgehead atoms. The summed E-state index contributed by atoms with van der Waals surface area (Å²) in [7, 11) is 0. The molecule has 0 aliphatic carbocycles. The van der Waals surface area contributed by atoms with Gasteiger partial charge in [0.25, 0.3) is 5.91 Å². The van der Waals surface area contributed by atoms with Crippen LogP contribution in [0.25, 0.3) is 5.65 Å². The number of halogens is 3. The fourth-order valence-corrected chi connectivity index (χ4v) is 2.62. The van der Waals surface area contributed by atoms with Gasteiger partial charge in [-0.25, -0.2) is 4.98 Å². The topological polar surface area (TPSA) is 46.4 Å². The van der Waals surface area contributed by atoms with Crippen molar-refractivity contribution in [1.82, 2.24) is 9.38 Å². The smallest absolute Gasteiger partial charge is 0.321 e. The minimum atomic E-state index is -4.41. The number of carbonyl (C=O) groups is 1. The highest BCUT2D eigenvalue weighted by Gasteiger charge is 2.30. The van der Waals surface area contributed by atoms with Crippen LogP contribution in [-0.4, -0.2) is 15.3 Å². The van der Waals surface area contributed by atoms with Gasteiger partial charge < -0.3 is 5.32 Å². The molecule has 1 aromatic carbocycles. The number of fused-ring (bicyclic) bond motifs is 1. The Labute approximate surface area is 142 Å². The normalized spacial score (nSPS) is 11.7. The summed E-state index contributed by atoms with van der Waals surface area (Å²) in [4.78, 5) is 17.1. The first-order valence-electron chi connectivity index (χ1n) is 7.76. The minimum Gasteiger partial charge on any atom is -0.321 e. The van der Waals surface area contributed by atoms with Crippen LogP contribution in [0.5, 0.6) is 0 Å². The summed E-state index contributed by atoms with van der Waals surface area (Å²) in [6.07, 6.45) is -2.03. The lowest BCUT2D eigenvalue weighted by Crippen LogP contribution is -2.16. The summed E-state index contributed by atoms with van der Waals surface area (Å²) >= 11 is 0. The van der Waals surface area contributed by atoms with Crippen molar-refractivity contribution in [2.24, 2.45) is 0 Å². The molecule has 0 fully saturated rings. The second-order valence-electron chi connectivity index (χ2n) is 5.72. The van der Waals surface area contributed by atoms with Crippen LogP contribution in [0.2, 0.25) is 0 Å². The quantitative estimate of drug-likeness (QED) is 0.759. The monoisotopic (exact) mass is 347 g/mol. The zero-order valence-corrected chi connectivity index (χ0v) is 13.7. The number of pyridine rings is 1. The van der Waals surface area contributed by atoms with Crippen LogP contribution >= 0.6 is 0 Å². The molecule has 2 aromatic heterocycles. The SMILES string of the molecule is CCc1nc2ccc(C)cn2c1C(=O)Nc1ccc(C(F)(F)F)cc1. The zero-order valence-electron chi connectivity index (χ0n) is 13.7. The summed E-state index contributed by atoms with van der Waals surface area (Å²) in [5.74, 6) is -0.408. The molecule has 25 heavy (non-hydrogen) atoms. The molecule has 0 aliphatic rings. The lowest BCUT2D eigenvalue weighted by atomic mass is 10.2. The molecular formula is C18H16F3N3O. The van der Waals surface area contributed by atoms with Gasteiger partial charge in [-0.3, -0.25) is 9.20 Å². The standard InChI is InChI=1S/C18H16F3N3O/c1-3-14-16(24-10-11(2)4-9-15(24)23-14)17(25)22-13-7-5-12(6-8-13)18(19,20)21/h4-10H,3H2,1-2H3,(H,22,25). The fraction of sp³-hybridized carbons (Fsp3) is 0.222. The predicted molar refractivity (Wildman–Crippen MR) is 88.7 cm³/mol. The molecule has 3 rings (SSSR count). The lowest BCUT2D eigenvalue weighted by Gasteiger charge is -2.09. The lowest BCUT2D eigenvalue weighted by molar-refractivity contribution is -0.137. The van der Waals surface area contributed by atoms with Crippen LogP contribution < -0.4 is 5.32 Å². The largest absolute Gasteiger partial charge is 0.416 e. The molecule has 130 valence electrons. The third-order valence-electron chi connectivity index (χ3n) is 3.86. The van der Waals surface area contributed by atoms with Gasteiger partial charge in [-0.15, -0.1) is 0 Å². The Kier molecular flexibility index (Phi) is 4.24. The van der Waals surface area contributed by atoms with Crippen LogP contribution in [0.4, 0.5) is 18.9 Å². The summed E-state index contributed by atoms with van der Waals surface area (Å²) in [6.45, 7) is 3.80. The van der Waals surface area contributed by atoms with E-state index in [1.54, 1.807) is 4.40 Å². The van der Waals surface area contributed by atoms with Crippen molar-refractivity contribution in [3.63, 3.8) is 0 Å². The van der Waals surface area contributed by atoms with E-state index in [-0.39, 0.29) is 0 Å². The van der Waals surface area contributed by atoms with E-state index >= 15 is 0 Å². The maximum Gasteiger partial charge on any atom is 0.416 e. The molecule has 0 aliphatic heterocycles. The number of alkyl halides is 3. The first-order chi connectivity index (χ1) is 11.8. The maximum absolute atomic E-state index is 12.7. The number of carbonyl (C=O) groups excluding carboxylic acids is 1. The van der Waals surface area contributed by atoms with E-state index in [0.29, 0.717) is 29.1 Å². The van der Waals surface area contributed by atoms with E-state index in [0.717, 1.165) is 17.7 Å². The number of anilines is 1. The molecule has 0 unspecified atom stereocenters. The molecule has 1 N–H and O–H groups in total. The van der Waals surface area contributed by atoms with E-state index in [2.05, 4.69) is 10.3 Å². The molecule has 0 saturated heterocycles. The maximum atomic E-state index is 12.7. The van der Waals surface area contributed by atoms with Crippen LogP contribution in [0.3, 0.4) is 0 Å². The van der Waals surface area contributed by atoms with Gasteiger partial charge in [-0.1, -0.05) is 13.0 Å². The van der Waals surface area contributed by atoms with Gasteiger partial charge in [0.1, 0.15) is 11.3 Å². The van der Waals surface area contributed by atoms with Gasteiger partial charge in [0.15, 0.2) is 0 Å². The van der Waals surface area contributed by atoms with Gasteiger partial charge in [0, 0.05) is 11.9 Å². The Bertz CT molecular complexity index is 927. The third kappa shape index (κ3) is 3.35. The van der Waals surface area contributed by atoms with Crippen molar-refractivity contribution in [3.8, 4) is 0 Å². The molecule has 0 radical (unpaired) electrons. The highest BCUT2D eigenvalue weighted by Crippen LogP contribution is 2.30. The second-order valence-corrected chi connectivity index (χ2v) is 5.72. The van der Waals surface area contributed by atoms with Gasteiger partial charge in [0.05, 0.1) is 11.3 Å². The van der Waals surface area contributed by atoms with Crippen molar-refractivity contribution in [2.75, 3.05) is 5.32 Å². The highest BCUT2D eigenvalue weighted by molar-refractivity contribution is 6.04. The van der Waals surface area contributed by atoms with Gasteiger partial charge in [-0.05, 0) is 49.2 Å². The molecule has 1 amide bonds. The molecule has 0 saturated carbocycles. The number of hydrogen-bond acceptors (Lipinski definition) is 2. The molecule has 2 heterocycles. The average Bonchev–Trinajstić information content (AvgIpc) is 2.92. The first-order valence-corrected chi connectivity index (χ1v) is 7.76. The summed E-state index contributed by atoms with van der Waals surface area (Å²) < 4.78 is 39.6. The first kappa shape index (κ1) is 17.0. The van der Waals surface area contributed by atoms with Crippen LogP contribution in [0, 0.1) is 6.92 Å². The van der Waals surface area contributed by atoms with Crippen molar-refractivity contribution in [2.45, 2.75) is 26.4 Å². The van der Waals surface area contributed by atoms with E-state index in [1.165, 1.54) is 12.1 Å². The van der Waals surface area contributed by atoms with Crippen molar-refractivity contribution in [3.05, 3.63) is 65.1 Å². The minimum absolute atomic E-state index is 0.294. The summed E-state index contributed by atoms with van der Waals surface area (Å²) in [5.41, 5.74) is 2.18. The van der Waals surface area contributed by atoms with Crippen molar-refractivity contribution in [1.29, 1.82) is 0 Å². The van der Waals surface area contributed by atoms with Crippen LogP contribution in [0.1, 0.15) is 34.2 Å². The Morgan fingerprint density at radius 2 is 1.84 bits per heavy atom. The summed E-state index contributed by atoms with van der Waals surface area (Å²) in [6, 6.07) is 8.08. The van der Waals surface area contributed by atoms with Crippen LogP contribution in [-0.2, 0) is 12.6 Å². The number of amides is 1. The molecule has 4 nitrogen and oxygen atoms in total. The molecule has 0 spiro atoms. The van der Waals surface area contributed by atoms with Crippen molar-refractivity contribution >= 4 is 17.2 Å². The van der Waals surface area contributed by atoms with Gasteiger partial charge in [0.2, 0.25) is 0 Å². The number of aryl methyl sites for hydroxylation is 2. The average molecular weight is 347 g/mol. The Morgan fingerprint density at radius 1 is 1.16 bits per heavy atom. The molecule has 3 aromatic rings. The number of aromatic nitrogens is 2. The number of nitrogens with zero attached hydrogens (tertiary/aromatic N) is 2. The van der Waals surface area contributed by atoms with Gasteiger partial charge in [-0.2, -0.15) is 13.2 Å². The van der Waals surface area contributed by atoms with E-state index < -0.39 is 17.6 Å². The zero-order chi connectivity index (χ0) is 18.2. The predicted octanol–water partition coefficient (Wildman–Crippen LogP) is 4.48. The van der Waals surface area contributed by atoms with Gasteiger partial charge >= 0.3 is 6.18 Å².